The van der Waals surface area contributed by atoms with Gasteiger partial charge in [0.05, 0.1) is 19.4 Å². The van der Waals surface area contributed by atoms with Gasteiger partial charge >= 0.3 is 0 Å². The monoisotopic (exact) mass is 363 g/mol. The topological polar surface area (TPSA) is 71.8 Å². The van der Waals surface area contributed by atoms with Crippen LogP contribution in [0.5, 0.6) is 0 Å². The molecule has 5 rings (SSSR count). The van der Waals surface area contributed by atoms with Crippen molar-refractivity contribution in [3.8, 4) is 11.1 Å². The van der Waals surface area contributed by atoms with E-state index in [4.69, 9.17) is 4.74 Å². The number of hydrogen-bond acceptors (Lipinski definition) is 5. The van der Waals surface area contributed by atoms with Gasteiger partial charge in [0, 0.05) is 36.5 Å². The van der Waals surface area contributed by atoms with Crippen molar-refractivity contribution in [2.24, 2.45) is 0 Å². The van der Waals surface area contributed by atoms with E-state index in [-0.39, 0.29) is 5.91 Å². The fourth-order valence-electron chi connectivity index (χ4n) is 3.41. The summed E-state index contributed by atoms with van der Waals surface area (Å²) in [4.78, 5) is 19.0. The van der Waals surface area contributed by atoms with Gasteiger partial charge < -0.3 is 15.0 Å². The van der Waals surface area contributed by atoms with E-state index in [0.29, 0.717) is 11.6 Å². The van der Waals surface area contributed by atoms with Gasteiger partial charge in [-0.3, -0.25) is 4.79 Å². The van der Waals surface area contributed by atoms with Gasteiger partial charge in [-0.1, -0.05) is 12.1 Å². The second kappa shape index (κ2) is 6.66. The molecule has 2 aromatic heterocycles. The van der Waals surface area contributed by atoms with Gasteiger partial charge in [0.15, 0.2) is 5.65 Å². The molecule has 27 heavy (non-hydrogen) atoms. The van der Waals surface area contributed by atoms with E-state index >= 15 is 0 Å². The van der Waals surface area contributed by atoms with Crippen molar-refractivity contribution >= 4 is 17.4 Å². The van der Waals surface area contributed by atoms with Gasteiger partial charge in [-0.05, 0) is 36.6 Å². The molecule has 1 aliphatic heterocycles. The molecule has 138 valence electrons. The maximum absolute atomic E-state index is 12.2. The summed E-state index contributed by atoms with van der Waals surface area (Å²) in [5.41, 5.74) is 3.46. The average molecular weight is 363 g/mol. The number of hydrogen-bond donors (Lipinski definition) is 1. The molecule has 1 aliphatic carbocycles. The SMILES string of the molecule is O=C(NC1CC1)c1ccc(-c2cnn3c(N4CCOCC4)ccnc23)cc1. The zero-order valence-corrected chi connectivity index (χ0v) is 15.0. The fourth-order valence-corrected chi connectivity index (χ4v) is 3.41. The molecule has 0 unspecified atom stereocenters. The highest BCUT2D eigenvalue weighted by atomic mass is 16.5. The predicted octanol–water partition coefficient (Wildman–Crippen LogP) is 2.13. The van der Waals surface area contributed by atoms with E-state index in [1.165, 1.54) is 0 Å². The van der Waals surface area contributed by atoms with E-state index in [9.17, 15) is 4.79 Å². The van der Waals surface area contributed by atoms with Crippen molar-refractivity contribution in [2.75, 3.05) is 31.2 Å². The molecule has 0 atom stereocenters. The van der Waals surface area contributed by atoms with E-state index in [1.807, 2.05) is 47.2 Å². The summed E-state index contributed by atoms with van der Waals surface area (Å²) in [5.74, 6) is 1.02. The number of carbonyl (C=O) groups is 1. The molecule has 3 aromatic rings. The molecular formula is C20H21N5O2. The fraction of sp³-hybridized carbons (Fsp3) is 0.350. The van der Waals surface area contributed by atoms with Gasteiger partial charge in [-0.25, -0.2) is 4.98 Å². The number of anilines is 1. The van der Waals surface area contributed by atoms with Crippen LogP contribution in [0, 0.1) is 0 Å². The first-order valence-electron chi connectivity index (χ1n) is 9.36. The Kier molecular flexibility index (Phi) is 4.01. The molecule has 3 heterocycles. The van der Waals surface area contributed by atoms with Crippen molar-refractivity contribution in [1.29, 1.82) is 0 Å². The standard InChI is InChI=1S/C20H21N5O2/c26-20(23-16-5-6-16)15-3-1-14(2-4-15)17-13-22-25-18(7-8-21-19(17)25)24-9-11-27-12-10-24/h1-4,7-8,13,16H,5-6,9-12H2,(H,23,26). The number of ether oxygens (including phenoxy) is 1. The second-order valence-corrected chi connectivity index (χ2v) is 7.02. The summed E-state index contributed by atoms with van der Waals surface area (Å²) in [5, 5.41) is 7.58. The summed E-state index contributed by atoms with van der Waals surface area (Å²) in [7, 11) is 0. The Bertz CT molecular complexity index is 972. The Labute approximate surface area is 157 Å². The quantitative estimate of drug-likeness (QED) is 0.769. The van der Waals surface area contributed by atoms with Gasteiger partial charge in [0.1, 0.15) is 5.82 Å². The molecule has 2 aliphatic rings. The first-order valence-corrected chi connectivity index (χ1v) is 9.36. The van der Waals surface area contributed by atoms with Crippen LogP contribution in [0.25, 0.3) is 16.8 Å². The van der Waals surface area contributed by atoms with Crippen molar-refractivity contribution in [3.63, 3.8) is 0 Å². The third kappa shape index (κ3) is 3.14. The smallest absolute Gasteiger partial charge is 0.251 e. The maximum Gasteiger partial charge on any atom is 0.251 e. The summed E-state index contributed by atoms with van der Waals surface area (Å²) in [6.07, 6.45) is 5.83. The molecule has 1 saturated heterocycles. The number of carbonyl (C=O) groups excluding carboxylic acids is 1. The van der Waals surface area contributed by atoms with Gasteiger partial charge in [0.25, 0.3) is 5.91 Å². The number of nitrogens with zero attached hydrogens (tertiary/aromatic N) is 4. The minimum atomic E-state index is -0.00311. The molecule has 0 radical (unpaired) electrons. The van der Waals surface area contributed by atoms with E-state index < -0.39 is 0 Å². The molecule has 0 spiro atoms. The van der Waals surface area contributed by atoms with E-state index in [1.54, 1.807) is 0 Å². The van der Waals surface area contributed by atoms with Crippen molar-refractivity contribution < 1.29 is 9.53 Å². The van der Waals surface area contributed by atoms with Crippen LogP contribution >= 0.6 is 0 Å². The number of benzene rings is 1. The lowest BCUT2D eigenvalue weighted by Crippen LogP contribution is -2.37. The van der Waals surface area contributed by atoms with Gasteiger partial charge in [-0.2, -0.15) is 9.61 Å². The number of fused-ring (bicyclic) bond motifs is 1. The number of amides is 1. The molecule has 0 bridgehead atoms. The Hall–Kier alpha value is -2.93. The summed E-state index contributed by atoms with van der Waals surface area (Å²) < 4.78 is 7.33. The number of nitrogens with one attached hydrogen (secondary N) is 1. The van der Waals surface area contributed by atoms with Crippen LogP contribution in [0.15, 0.2) is 42.7 Å². The highest BCUT2D eigenvalue weighted by molar-refractivity contribution is 5.95. The maximum atomic E-state index is 12.2. The van der Waals surface area contributed by atoms with Gasteiger partial charge in [0.2, 0.25) is 0 Å². The highest BCUT2D eigenvalue weighted by Gasteiger charge is 2.24. The molecule has 1 N–H and O–H groups in total. The minimum Gasteiger partial charge on any atom is -0.378 e. The Morgan fingerprint density at radius 1 is 1.11 bits per heavy atom. The summed E-state index contributed by atoms with van der Waals surface area (Å²) in [6.45, 7) is 3.14. The van der Waals surface area contributed by atoms with Crippen LogP contribution in [-0.2, 0) is 4.74 Å². The van der Waals surface area contributed by atoms with Crippen LogP contribution in [0.1, 0.15) is 23.2 Å². The minimum absolute atomic E-state index is 0.00311. The van der Waals surface area contributed by atoms with Crippen LogP contribution in [0.4, 0.5) is 5.82 Å². The van der Waals surface area contributed by atoms with E-state index in [2.05, 4.69) is 20.3 Å². The van der Waals surface area contributed by atoms with Gasteiger partial charge in [-0.15, -0.1) is 0 Å². The first-order chi connectivity index (χ1) is 13.3. The largest absolute Gasteiger partial charge is 0.378 e. The van der Waals surface area contributed by atoms with Crippen molar-refractivity contribution in [3.05, 3.63) is 48.3 Å². The molecule has 2 fully saturated rings. The molecule has 1 aromatic carbocycles. The number of aromatic nitrogens is 3. The lowest BCUT2D eigenvalue weighted by Gasteiger charge is -2.28. The number of morpholine rings is 1. The van der Waals surface area contributed by atoms with E-state index in [0.717, 1.165) is 61.7 Å². The average Bonchev–Trinajstić information content (AvgIpc) is 3.43. The van der Waals surface area contributed by atoms with Crippen LogP contribution in [0.3, 0.4) is 0 Å². The normalized spacial score (nSPS) is 17.3. The Morgan fingerprint density at radius 2 is 1.89 bits per heavy atom. The van der Waals surface area contributed by atoms with Crippen LogP contribution < -0.4 is 10.2 Å². The predicted molar refractivity (Wildman–Crippen MR) is 102 cm³/mol. The van der Waals surface area contributed by atoms with Crippen molar-refractivity contribution in [2.45, 2.75) is 18.9 Å². The number of rotatable bonds is 4. The lowest BCUT2D eigenvalue weighted by molar-refractivity contribution is 0.0951. The third-order valence-electron chi connectivity index (χ3n) is 5.09. The molecule has 7 heteroatoms. The second-order valence-electron chi connectivity index (χ2n) is 7.02. The Balaban J connectivity index is 1.45. The van der Waals surface area contributed by atoms with Crippen LogP contribution in [-0.4, -0.2) is 52.9 Å². The zero-order valence-electron chi connectivity index (χ0n) is 15.0. The summed E-state index contributed by atoms with van der Waals surface area (Å²) >= 11 is 0. The highest BCUT2D eigenvalue weighted by Crippen LogP contribution is 2.27. The summed E-state index contributed by atoms with van der Waals surface area (Å²) in [6, 6.07) is 9.99. The Morgan fingerprint density at radius 3 is 2.63 bits per heavy atom. The lowest BCUT2D eigenvalue weighted by atomic mass is 10.1. The molecular weight excluding hydrogens is 342 g/mol. The molecule has 7 nitrogen and oxygen atoms in total. The molecule has 1 saturated carbocycles. The van der Waals surface area contributed by atoms with Crippen LogP contribution in [0.2, 0.25) is 0 Å². The zero-order chi connectivity index (χ0) is 18.2. The first kappa shape index (κ1) is 16.3. The third-order valence-corrected chi connectivity index (χ3v) is 5.09. The van der Waals surface area contributed by atoms with Crippen molar-refractivity contribution in [1.82, 2.24) is 19.9 Å². The molecule has 1 amide bonds.